The number of nitrogens with zero attached hydrogens (tertiary/aromatic N) is 1. The number of carbonyl (C=O) groups excluding carboxylic acids is 1. The molecule has 1 fully saturated rings. The van der Waals surface area contributed by atoms with Crippen LogP contribution in [-0.2, 0) is 0 Å². The molecule has 1 aromatic heterocycles. The van der Waals surface area contributed by atoms with Crippen molar-refractivity contribution in [2.45, 2.75) is 37.8 Å². The van der Waals surface area contributed by atoms with Crippen LogP contribution in [0.3, 0.4) is 0 Å². The lowest BCUT2D eigenvalue weighted by atomic mass is 9.91. The van der Waals surface area contributed by atoms with Gasteiger partial charge in [-0.25, -0.2) is 4.79 Å². The van der Waals surface area contributed by atoms with Crippen molar-refractivity contribution in [3.63, 3.8) is 0 Å². The van der Waals surface area contributed by atoms with E-state index in [1.54, 1.807) is 24.4 Å². The van der Waals surface area contributed by atoms with E-state index in [0.29, 0.717) is 26.8 Å². The van der Waals surface area contributed by atoms with Crippen LogP contribution in [-0.4, -0.2) is 23.1 Å². The molecule has 1 aliphatic rings. The molecule has 30 heavy (non-hydrogen) atoms. The number of benzene rings is 2. The minimum atomic E-state index is -0.234. The highest BCUT2D eigenvalue weighted by molar-refractivity contribution is 6.42. The van der Waals surface area contributed by atoms with Crippen molar-refractivity contribution in [2.75, 3.05) is 10.6 Å². The van der Waals surface area contributed by atoms with Gasteiger partial charge >= 0.3 is 6.03 Å². The number of anilines is 2. The molecule has 2 aromatic carbocycles. The predicted octanol–water partition coefficient (Wildman–Crippen LogP) is 6.74. The molecule has 2 amide bonds. The summed E-state index contributed by atoms with van der Waals surface area (Å²) < 4.78 is 0. The van der Waals surface area contributed by atoms with Crippen molar-refractivity contribution in [1.29, 1.82) is 0 Å². The van der Waals surface area contributed by atoms with Crippen LogP contribution < -0.4 is 16.0 Å². The zero-order valence-electron chi connectivity index (χ0n) is 16.1. The van der Waals surface area contributed by atoms with Gasteiger partial charge in [0, 0.05) is 40.1 Å². The van der Waals surface area contributed by atoms with Crippen molar-refractivity contribution < 1.29 is 4.79 Å². The Balaban J connectivity index is 1.30. The largest absolute Gasteiger partial charge is 0.382 e. The van der Waals surface area contributed by atoms with E-state index in [0.717, 1.165) is 42.3 Å². The fraction of sp³-hybridized carbons (Fsp3) is 0.273. The minimum Gasteiger partial charge on any atom is -0.382 e. The second-order valence-corrected chi connectivity index (χ2v) is 8.69. The van der Waals surface area contributed by atoms with Crippen LogP contribution in [0.25, 0.3) is 10.9 Å². The standard InChI is InChI=1S/C22H21Cl3N4O/c23-13-1-7-17-20(9-10-26-21(17)11-13)27-14-2-4-15(5-3-14)28-22(30)29-16-6-8-18(24)19(25)12-16/h1,6-12,14-15H,2-5H2,(H,26,27)(H2,28,29,30)/t14-,15+. The second kappa shape index (κ2) is 9.29. The first kappa shape index (κ1) is 21.0. The molecule has 0 unspecified atom stereocenters. The SMILES string of the molecule is O=C(Nc1ccc(Cl)c(Cl)c1)N[C@H]1CC[C@@H](Nc2ccnc3cc(Cl)ccc23)CC1. The smallest absolute Gasteiger partial charge is 0.319 e. The minimum absolute atomic E-state index is 0.138. The van der Waals surface area contributed by atoms with Gasteiger partial charge in [0.1, 0.15) is 0 Å². The Morgan fingerprint density at radius 1 is 0.900 bits per heavy atom. The number of halogens is 3. The summed E-state index contributed by atoms with van der Waals surface area (Å²) in [7, 11) is 0. The van der Waals surface area contributed by atoms with Crippen LogP contribution >= 0.6 is 34.8 Å². The lowest BCUT2D eigenvalue weighted by Crippen LogP contribution is -2.42. The van der Waals surface area contributed by atoms with Gasteiger partial charge in [-0.05, 0) is 68.1 Å². The zero-order valence-corrected chi connectivity index (χ0v) is 18.4. The maximum Gasteiger partial charge on any atom is 0.319 e. The molecule has 0 bridgehead atoms. The molecule has 4 rings (SSSR count). The van der Waals surface area contributed by atoms with Crippen molar-refractivity contribution in [3.05, 3.63) is 63.7 Å². The van der Waals surface area contributed by atoms with E-state index in [-0.39, 0.29) is 12.1 Å². The number of urea groups is 1. The summed E-state index contributed by atoms with van der Waals surface area (Å²) >= 11 is 18.0. The molecule has 0 saturated heterocycles. The van der Waals surface area contributed by atoms with Gasteiger partial charge in [-0.2, -0.15) is 0 Å². The second-order valence-electron chi connectivity index (χ2n) is 7.44. The van der Waals surface area contributed by atoms with Crippen LogP contribution in [0.4, 0.5) is 16.2 Å². The number of nitrogens with one attached hydrogen (secondary N) is 3. The van der Waals surface area contributed by atoms with Gasteiger partial charge in [-0.1, -0.05) is 34.8 Å². The van der Waals surface area contributed by atoms with Gasteiger partial charge in [-0.3, -0.25) is 4.98 Å². The molecule has 8 heteroatoms. The molecule has 156 valence electrons. The van der Waals surface area contributed by atoms with E-state index >= 15 is 0 Å². The van der Waals surface area contributed by atoms with Gasteiger partial charge in [0.15, 0.2) is 0 Å². The summed E-state index contributed by atoms with van der Waals surface area (Å²) in [6.45, 7) is 0. The fourth-order valence-corrected chi connectivity index (χ4v) is 4.24. The van der Waals surface area contributed by atoms with E-state index in [1.807, 2.05) is 24.3 Å². The zero-order chi connectivity index (χ0) is 21.1. The molecule has 3 N–H and O–H groups in total. The van der Waals surface area contributed by atoms with Gasteiger partial charge in [-0.15, -0.1) is 0 Å². The number of hydrogen-bond donors (Lipinski definition) is 3. The van der Waals surface area contributed by atoms with E-state index in [9.17, 15) is 4.79 Å². The monoisotopic (exact) mass is 462 g/mol. The average molecular weight is 464 g/mol. The van der Waals surface area contributed by atoms with E-state index in [2.05, 4.69) is 20.9 Å². The van der Waals surface area contributed by atoms with E-state index < -0.39 is 0 Å². The normalized spacial score (nSPS) is 18.8. The first-order chi connectivity index (χ1) is 14.5. The van der Waals surface area contributed by atoms with Gasteiger partial charge in [0.05, 0.1) is 15.6 Å². The Kier molecular flexibility index (Phi) is 6.52. The summed E-state index contributed by atoms with van der Waals surface area (Å²) in [5.74, 6) is 0. The average Bonchev–Trinajstić information content (AvgIpc) is 2.72. The molecular weight excluding hydrogens is 443 g/mol. The number of fused-ring (bicyclic) bond motifs is 1. The van der Waals surface area contributed by atoms with Crippen LogP contribution in [0.5, 0.6) is 0 Å². The fourth-order valence-electron chi connectivity index (χ4n) is 3.78. The molecule has 1 heterocycles. The van der Waals surface area contributed by atoms with Gasteiger partial charge in [0.2, 0.25) is 0 Å². The topological polar surface area (TPSA) is 66.1 Å². The Morgan fingerprint density at radius 3 is 2.43 bits per heavy atom. The molecule has 0 spiro atoms. The lowest BCUT2D eigenvalue weighted by Gasteiger charge is -2.30. The first-order valence-corrected chi connectivity index (χ1v) is 10.9. The lowest BCUT2D eigenvalue weighted by molar-refractivity contribution is 0.243. The highest BCUT2D eigenvalue weighted by Gasteiger charge is 2.23. The van der Waals surface area contributed by atoms with Gasteiger partial charge in [0.25, 0.3) is 0 Å². The predicted molar refractivity (Wildman–Crippen MR) is 125 cm³/mol. The summed E-state index contributed by atoms with van der Waals surface area (Å²) in [6, 6.07) is 13.0. The summed E-state index contributed by atoms with van der Waals surface area (Å²) in [4.78, 5) is 16.7. The van der Waals surface area contributed by atoms with Crippen molar-refractivity contribution in [1.82, 2.24) is 10.3 Å². The van der Waals surface area contributed by atoms with E-state index in [4.69, 9.17) is 34.8 Å². The molecule has 0 atom stereocenters. The number of amides is 2. The van der Waals surface area contributed by atoms with Crippen LogP contribution in [0.1, 0.15) is 25.7 Å². The highest BCUT2D eigenvalue weighted by Crippen LogP contribution is 2.28. The Hall–Kier alpha value is -2.21. The van der Waals surface area contributed by atoms with Crippen molar-refractivity contribution in [2.24, 2.45) is 0 Å². The maximum absolute atomic E-state index is 12.3. The van der Waals surface area contributed by atoms with Crippen molar-refractivity contribution >= 4 is 63.1 Å². The first-order valence-electron chi connectivity index (χ1n) is 9.81. The quantitative estimate of drug-likeness (QED) is 0.401. The van der Waals surface area contributed by atoms with Crippen LogP contribution in [0, 0.1) is 0 Å². The van der Waals surface area contributed by atoms with Crippen LogP contribution in [0.15, 0.2) is 48.7 Å². The third-order valence-corrected chi connectivity index (χ3v) is 6.28. The summed E-state index contributed by atoms with van der Waals surface area (Å²) in [6.07, 6.45) is 5.54. The molecule has 0 radical (unpaired) electrons. The molecule has 1 saturated carbocycles. The molecule has 3 aromatic rings. The number of rotatable bonds is 4. The van der Waals surface area contributed by atoms with Gasteiger partial charge < -0.3 is 16.0 Å². The highest BCUT2D eigenvalue weighted by atomic mass is 35.5. The van der Waals surface area contributed by atoms with Crippen molar-refractivity contribution in [3.8, 4) is 0 Å². The molecule has 1 aliphatic carbocycles. The number of aromatic nitrogens is 1. The number of carbonyl (C=O) groups is 1. The molecule has 0 aliphatic heterocycles. The molecular formula is C22H21Cl3N4O. The van der Waals surface area contributed by atoms with E-state index in [1.165, 1.54) is 0 Å². The Labute approximate surface area is 190 Å². The third kappa shape index (κ3) is 5.09. The Bertz CT molecular complexity index is 1070. The Morgan fingerprint density at radius 2 is 1.67 bits per heavy atom. The number of pyridine rings is 1. The molecule has 5 nitrogen and oxygen atoms in total. The number of hydrogen-bond acceptors (Lipinski definition) is 3. The summed E-state index contributed by atoms with van der Waals surface area (Å²) in [5.41, 5.74) is 2.55. The van der Waals surface area contributed by atoms with Crippen LogP contribution in [0.2, 0.25) is 15.1 Å². The maximum atomic E-state index is 12.3. The third-order valence-electron chi connectivity index (χ3n) is 5.30. The summed E-state index contributed by atoms with van der Waals surface area (Å²) in [5, 5.41) is 12.1.